The van der Waals surface area contributed by atoms with Crippen LogP contribution < -0.4 is 14.2 Å². The van der Waals surface area contributed by atoms with Gasteiger partial charge in [0.2, 0.25) is 17.2 Å². The summed E-state index contributed by atoms with van der Waals surface area (Å²) >= 11 is 0. The van der Waals surface area contributed by atoms with E-state index >= 15 is 0 Å². The van der Waals surface area contributed by atoms with E-state index in [0.29, 0.717) is 43.3 Å². The van der Waals surface area contributed by atoms with Gasteiger partial charge in [0.25, 0.3) is 0 Å². The normalized spacial score (nSPS) is 11.3. The van der Waals surface area contributed by atoms with Gasteiger partial charge in [-0.2, -0.15) is 0 Å². The Morgan fingerprint density at radius 2 is 0.659 bits per heavy atom. The van der Waals surface area contributed by atoms with E-state index < -0.39 is 0 Å². The highest BCUT2D eigenvalue weighted by molar-refractivity contribution is 5.69. The number of hydrogen-bond acceptors (Lipinski definition) is 5. The zero-order chi connectivity index (χ0) is 32.1. The van der Waals surface area contributed by atoms with Crippen molar-refractivity contribution < 1.29 is 24.4 Å². The van der Waals surface area contributed by atoms with Crippen LogP contribution >= 0.6 is 0 Å². The second-order valence-electron chi connectivity index (χ2n) is 12.9. The first-order chi connectivity index (χ1) is 21.6. The maximum absolute atomic E-state index is 11.3. The Balaban J connectivity index is 3.10. The van der Waals surface area contributed by atoms with Crippen molar-refractivity contribution in [1.29, 1.82) is 0 Å². The van der Waals surface area contributed by atoms with Crippen molar-refractivity contribution >= 4 is 0 Å². The zero-order valence-corrected chi connectivity index (χ0v) is 29.6. The summed E-state index contributed by atoms with van der Waals surface area (Å²) in [6.45, 7) is 10.6. The van der Waals surface area contributed by atoms with Gasteiger partial charge in [0, 0.05) is 5.56 Å². The molecule has 258 valence electrons. The van der Waals surface area contributed by atoms with Gasteiger partial charge in [-0.3, -0.25) is 0 Å². The molecule has 0 radical (unpaired) electrons. The van der Waals surface area contributed by atoms with Crippen LogP contribution in [0.2, 0.25) is 0 Å². The molecule has 0 saturated carbocycles. The van der Waals surface area contributed by atoms with E-state index in [2.05, 4.69) is 27.7 Å². The van der Waals surface area contributed by atoms with E-state index in [1.54, 1.807) is 0 Å². The summed E-state index contributed by atoms with van der Waals surface area (Å²) in [5.41, 5.74) is 0.673. The van der Waals surface area contributed by atoms with Crippen LogP contribution in [-0.2, 0) is 6.42 Å². The average molecular weight is 621 g/mol. The Kier molecular flexibility index (Phi) is 26.2. The summed E-state index contributed by atoms with van der Waals surface area (Å²) in [5.74, 6) is 1.04. The zero-order valence-electron chi connectivity index (χ0n) is 29.6. The molecule has 0 amide bonds. The monoisotopic (exact) mass is 621 g/mol. The molecule has 1 aromatic rings. The van der Waals surface area contributed by atoms with Crippen molar-refractivity contribution in [3.8, 4) is 28.7 Å². The largest absolute Gasteiger partial charge is 0.504 e. The Hall–Kier alpha value is -1.78. The number of ether oxygens (including phenoxy) is 3. The molecule has 0 bridgehead atoms. The lowest BCUT2D eigenvalue weighted by Gasteiger charge is -2.22. The number of hydrogen-bond donors (Lipinski definition) is 2. The van der Waals surface area contributed by atoms with E-state index in [-0.39, 0.29) is 17.2 Å². The van der Waals surface area contributed by atoms with Gasteiger partial charge < -0.3 is 24.4 Å². The number of phenols is 2. The number of benzene rings is 1. The highest BCUT2D eigenvalue weighted by Gasteiger charge is 2.27. The summed E-state index contributed by atoms with van der Waals surface area (Å²) in [4.78, 5) is 0. The van der Waals surface area contributed by atoms with Gasteiger partial charge in [-0.15, -0.1) is 0 Å². The van der Waals surface area contributed by atoms with Crippen LogP contribution in [0.25, 0.3) is 0 Å². The third kappa shape index (κ3) is 18.3. The van der Waals surface area contributed by atoms with Gasteiger partial charge in [-0.1, -0.05) is 163 Å². The van der Waals surface area contributed by atoms with Crippen LogP contribution in [0, 0.1) is 0 Å². The first-order valence-corrected chi connectivity index (χ1v) is 19.1. The molecule has 0 spiro atoms. The van der Waals surface area contributed by atoms with Gasteiger partial charge in [0.15, 0.2) is 11.5 Å². The quantitative estimate of drug-likeness (QED) is 0.0619. The molecule has 0 aliphatic rings. The first kappa shape index (κ1) is 40.2. The minimum atomic E-state index is -0.196. The fourth-order valence-electron chi connectivity index (χ4n) is 5.78. The van der Waals surface area contributed by atoms with Crippen LogP contribution in [-0.4, -0.2) is 30.0 Å². The molecule has 5 nitrogen and oxygen atoms in total. The number of rotatable bonds is 32. The second-order valence-corrected chi connectivity index (χ2v) is 12.9. The summed E-state index contributed by atoms with van der Waals surface area (Å²) < 4.78 is 19.1. The molecule has 0 atom stereocenters. The van der Waals surface area contributed by atoms with Gasteiger partial charge in [0.05, 0.1) is 19.8 Å². The van der Waals surface area contributed by atoms with E-state index in [0.717, 1.165) is 51.4 Å². The smallest absolute Gasteiger partial charge is 0.211 e. The molecule has 0 unspecified atom stereocenters. The third-order valence-corrected chi connectivity index (χ3v) is 8.67. The van der Waals surface area contributed by atoms with Crippen molar-refractivity contribution in [2.45, 2.75) is 195 Å². The van der Waals surface area contributed by atoms with Gasteiger partial charge in [0.1, 0.15) is 0 Å². The fraction of sp³-hybridized carbons (Fsp3) is 0.846. The first-order valence-electron chi connectivity index (χ1n) is 19.1. The Labute approximate surface area is 272 Å². The SMILES string of the molecule is CCCCCCCCCc1c(O)c(O)c(OCCCCCCCC)c(OCCCCCCCC)c1OCCCCCCCC. The maximum atomic E-state index is 11.3. The lowest BCUT2D eigenvalue weighted by atomic mass is 10.0. The minimum Gasteiger partial charge on any atom is -0.504 e. The molecule has 5 heteroatoms. The van der Waals surface area contributed by atoms with Gasteiger partial charge in [-0.25, -0.2) is 0 Å². The maximum Gasteiger partial charge on any atom is 0.211 e. The van der Waals surface area contributed by atoms with Crippen LogP contribution in [0.3, 0.4) is 0 Å². The lowest BCUT2D eigenvalue weighted by molar-refractivity contribution is 0.222. The molecular formula is C39H72O5. The molecule has 2 N–H and O–H groups in total. The Morgan fingerprint density at radius 3 is 1.07 bits per heavy atom. The van der Waals surface area contributed by atoms with Gasteiger partial charge >= 0.3 is 0 Å². The average Bonchev–Trinajstić information content (AvgIpc) is 3.03. The Bertz CT molecular complexity index is 728. The summed E-state index contributed by atoms with van der Waals surface area (Å²) in [7, 11) is 0. The predicted octanol–water partition coefficient (Wildman–Crippen LogP) is 12.6. The molecule has 1 rings (SSSR count). The molecular weight excluding hydrogens is 548 g/mol. The van der Waals surface area contributed by atoms with Gasteiger partial charge in [-0.05, 0) is 32.1 Å². The van der Waals surface area contributed by atoms with E-state index in [1.165, 1.54) is 109 Å². The minimum absolute atomic E-state index is 0.0983. The summed E-state index contributed by atoms with van der Waals surface area (Å²) in [6.07, 6.45) is 30.1. The molecule has 0 aromatic heterocycles. The van der Waals surface area contributed by atoms with Crippen molar-refractivity contribution in [2.75, 3.05) is 19.8 Å². The third-order valence-electron chi connectivity index (χ3n) is 8.67. The van der Waals surface area contributed by atoms with Crippen LogP contribution in [0.1, 0.15) is 194 Å². The second kappa shape index (κ2) is 28.7. The van der Waals surface area contributed by atoms with E-state index in [4.69, 9.17) is 14.2 Å². The van der Waals surface area contributed by atoms with E-state index in [1.807, 2.05) is 0 Å². The standard InChI is InChI=1S/C39H72O5/c1-5-9-13-17-21-22-26-30-34-35(40)36(41)38(43-32-28-24-19-15-11-7-3)39(44-33-29-25-20-16-12-8-4)37(34)42-31-27-23-18-14-10-6-2/h40-41H,5-33H2,1-4H3. The molecule has 44 heavy (non-hydrogen) atoms. The molecule has 0 saturated heterocycles. The predicted molar refractivity (Wildman–Crippen MR) is 188 cm³/mol. The van der Waals surface area contributed by atoms with Crippen LogP contribution in [0.5, 0.6) is 28.7 Å². The number of phenolic OH excluding ortho intramolecular Hbond substituents is 2. The molecule has 0 heterocycles. The van der Waals surface area contributed by atoms with Crippen molar-refractivity contribution in [3.63, 3.8) is 0 Å². The summed E-state index contributed by atoms with van der Waals surface area (Å²) in [5, 5.41) is 22.5. The van der Waals surface area contributed by atoms with Crippen molar-refractivity contribution in [1.82, 2.24) is 0 Å². The molecule has 0 fully saturated rings. The highest BCUT2D eigenvalue weighted by Crippen LogP contribution is 2.53. The topological polar surface area (TPSA) is 68.2 Å². The lowest BCUT2D eigenvalue weighted by Crippen LogP contribution is -2.09. The summed E-state index contributed by atoms with van der Waals surface area (Å²) in [6, 6.07) is 0. The molecule has 0 aliphatic heterocycles. The molecule has 0 aliphatic carbocycles. The molecule has 1 aromatic carbocycles. The number of aromatic hydroxyl groups is 2. The van der Waals surface area contributed by atoms with Crippen LogP contribution in [0.15, 0.2) is 0 Å². The Morgan fingerprint density at radius 1 is 0.341 bits per heavy atom. The van der Waals surface area contributed by atoms with Crippen LogP contribution in [0.4, 0.5) is 0 Å². The van der Waals surface area contributed by atoms with E-state index in [9.17, 15) is 10.2 Å². The highest BCUT2D eigenvalue weighted by atomic mass is 16.5. The number of unbranched alkanes of at least 4 members (excludes halogenated alkanes) is 21. The van der Waals surface area contributed by atoms with Crippen molar-refractivity contribution in [2.24, 2.45) is 0 Å². The van der Waals surface area contributed by atoms with Crippen molar-refractivity contribution in [3.05, 3.63) is 5.56 Å². The fourth-order valence-corrected chi connectivity index (χ4v) is 5.78.